The number of nitrogens with two attached hydrogens (primary N) is 1. The third-order valence-electron chi connectivity index (χ3n) is 3.50. The minimum Gasteiger partial charge on any atom is -0.452 e. The lowest BCUT2D eigenvalue weighted by Crippen LogP contribution is -2.32. The average Bonchev–Trinajstić information content (AvgIpc) is 3.05. The van der Waals surface area contributed by atoms with Gasteiger partial charge in [0.25, 0.3) is 11.8 Å². The SMILES string of the molecule is Cc1ccc(S[C@H](C)C(=O)O[C@@H](C)C(=O)Nc2sccc2C(N)=O)cc1. The van der Waals surface area contributed by atoms with E-state index in [2.05, 4.69) is 5.32 Å². The number of nitrogens with one attached hydrogen (secondary N) is 1. The van der Waals surface area contributed by atoms with E-state index >= 15 is 0 Å². The number of hydrogen-bond donors (Lipinski definition) is 2. The molecule has 0 aliphatic carbocycles. The Kier molecular flexibility index (Phi) is 6.82. The first-order valence-corrected chi connectivity index (χ1v) is 9.66. The van der Waals surface area contributed by atoms with E-state index in [4.69, 9.17) is 10.5 Å². The van der Waals surface area contributed by atoms with Crippen LogP contribution in [0.5, 0.6) is 0 Å². The number of amides is 2. The summed E-state index contributed by atoms with van der Waals surface area (Å²) in [5, 5.41) is 4.09. The third kappa shape index (κ3) is 5.34. The van der Waals surface area contributed by atoms with E-state index in [0.717, 1.165) is 10.5 Å². The quantitative estimate of drug-likeness (QED) is 0.557. The van der Waals surface area contributed by atoms with Crippen LogP contribution in [0.15, 0.2) is 40.6 Å². The van der Waals surface area contributed by atoms with Crippen molar-refractivity contribution < 1.29 is 19.1 Å². The molecular formula is C18H20N2O4S2. The lowest BCUT2D eigenvalue weighted by atomic mass is 10.2. The lowest BCUT2D eigenvalue weighted by molar-refractivity contribution is -0.152. The van der Waals surface area contributed by atoms with Gasteiger partial charge in [-0.05, 0) is 44.4 Å². The molecule has 3 N–H and O–H groups in total. The zero-order valence-corrected chi connectivity index (χ0v) is 16.3. The van der Waals surface area contributed by atoms with Crippen LogP contribution in [0.2, 0.25) is 0 Å². The summed E-state index contributed by atoms with van der Waals surface area (Å²) in [5.74, 6) is -1.63. The van der Waals surface area contributed by atoms with E-state index in [1.165, 1.54) is 36.1 Å². The molecule has 0 fully saturated rings. The molecule has 8 heteroatoms. The molecule has 0 saturated carbocycles. The second-order valence-electron chi connectivity index (χ2n) is 5.67. The minimum absolute atomic E-state index is 0.227. The van der Waals surface area contributed by atoms with Crippen LogP contribution in [0.4, 0.5) is 5.00 Å². The molecule has 26 heavy (non-hydrogen) atoms. The normalized spacial score (nSPS) is 12.9. The third-order valence-corrected chi connectivity index (χ3v) is 5.42. The topological polar surface area (TPSA) is 98.5 Å². The Balaban J connectivity index is 1.90. The van der Waals surface area contributed by atoms with E-state index in [9.17, 15) is 14.4 Å². The number of rotatable bonds is 7. The highest BCUT2D eigenvalue weighted by Gasteiger charge is 2.24. The molecule has 2 amide bonds. The molecule has 0 aliphatic rings. The fourth-order valence-electron chi connectivity index (χ4n) is 2.01. The van der Waals surface area contributed by atoms with Crippen molar-refractivity contribution in [2.24, 2.45) is 5.73 Å². The maximum absolute atomic E-state index is 12.2. The van der Waals surface area contributed by atoms with Crippen molar-refractivity contribution in [2.45, 2.75) is 37.0 Å². The molecule has 0 unspecified atom stereocenters. The van der Waals surface area contributed by atoms with Crippen molar-refractivity contribution >= 4 is 45.9 Å². The molecule has 0 saturated heterocycles. The Labute approximate surface area is 160 Å². The summed E-state index contributed by atoms with van der Waals surface area (Å²) < 4.78 is 5.24. The smallest absolute Gasteiger partial charge is 0.319 e. The molecule has 0 bridgehead atoms. The number of aryl methyl sites for hydroxylation is 1. The highest BCUT2D eigenvalue weighted by atomic mass is 32.2. The van der Waals surface area contributed by atoms with Gasteiger partial charge >= 0.3 is 5.97 Å². The summed E-state index contributed by atoms with van der Waals surface area (Å²) >= 11 is 2.53. The Hall–Kier alpha value is -2.32. The van der Waals surface area contributed by atoms with Gasteiger partial charge in [0.2, 0.25) is 0 Å². The van der Waals surface area contributed by atoms with Crippen molar-refractivity contribution in [2.75, 3.05) is 5.32 Å². The number of carbonyl (C=O) groups excluding carboxylic acids is 3. The maximum Gasteiger partial charge on any atom is 0.319 e. The highest BCUT2D eigenvalue weighted by molar-refractivity contribution is 8.00. The van der Waals surface area contributed by atoms with Gasteiger partial charge in [0.15, 0.2) is 6.10 Å². The standard InChI is InChI=1S/C18H20N2O4S2/c1-10-4-6-13(7-5-10)26-12(3)18(23)24-11(2)16(22)20-17-14(15(19)21)8-9-25-17/h4-9,11-12H,1-3H3,(H2,19,21)(H,20,22)/t11-,12+/m0/s1. The number of esters is 1. The van der Waals surface area contributed by atoms with Crippen LogP contribution in [-0.2, 0) is 14.3 Å². The summed E-state index contributed by atoms with van der Waals surface area (Å²) in [7, 11) is 0. The van der Waals surface area contributed by atoms with E-state index < -0.39 is 29.1 Å². The van der Waals surface area contributed by atoms with Crippen LogP contribution in [0.3, 0.4) is 0 Å². The molecule has 0 spiro atoms. The molecule has 138 valence electrons. The van der Waals surface area contributed by atoms with Crippen molar-refractivity contribution in [3.63, 3.8) is 0 Å². The largest absolute Gasteiger partial charge is 0.452 e. The van der Waals surface area contributed by atoms with Gasteiger partial charge in [-0.3, -0.25) is 14.4 Å². The number of primary amides is 1. The molecule has 1 heterocycles. The zero-order chi connectivity index (χ0) is 19.3. The van der Waals surface area contributed by atoms with Crippen LogP contribution >= 0.6 is 23.1 Å². The number of benzene rings is 1. The molecule has 0 aliphatic heterocycles. The fraction of sp³-hybridized carbons (Fsp3) is 0.278. The monoisotopic (exact) mass is 392 g/mol. The molecule has 2 aromatic rings. The second kappa shape index (κ2) is 8.86. The average molecular weight is 393 g/mol. The minimum atomic E-state index is -0.994. The van der Waals surface area contributed by atoms with Crippen LogP contribution in [0.25, 0.3) is 0 Å². The first kappa shape index (κ1) is 20.0. The first-order valence-electron chi connectivity index (χ1n) is 7.90. The van der Waals surface area contributed by atoms with Crippen LogP contribution in [0.1, 0.15) is 29.8 Å². The molecule has 1 aromatic carbocycles. The lowest BCUT2D eigenvalue weighted by Gasteiger charge is -2.16. The summed E-state index contributed by atoms with van der Waals surface area (Å²) in [6.45, 7) is 5.19. The molecular weight excluding hydrogens is 372 g/mol. The Morgan fingerprint density at radius 2 is 1.81 bits per heavy atom. The van der Waals surface area contributed by atoms with Gasteiger partial charge in [-0.25, -0.2) is 0 Å². The molecule has 2 atom stereocenters. The van der Waals surface area contributed by atoms with Gasteiger partial charge in [-0.2, -0.15) is 0 Å². The molecule has 1 aromatic heterocycles. The number of ether oxygens (including phenoxy) is 1. The van der Waals surface area contributed by atoms with Crippen molar-refractivity contribution in [1.29, 1.82) is 0 Å². The number of anilines is 1. The van der Waals surface area contributed by atoms with Gasteiger partial charge in [-0.1, -0.05) is 17.7 Å². The number of hydrogen-bond acceptors (Lipinski definition) is 6. The predicted molar refractivity (Wildman–Crippen MR) is 104 cm³/mol. The Morgan fingerprint density at radius 3 is 2.42 bits per heavy atom. The van der Waals surface area contributed by atoms with E-state index in [-0.39, 0.29) is 5.56 Å². The van der Waals surface area contributed by atoms with E-state index in [0.29, 0.717) is 5.00 Å². The van der Waals surface area contributed by atoms with Crippen molar-refractivity contribution in [3.8, 4) is 0 Å². The van der Waals surface area contributed by atoms with Crippen LogP contribution in [-0.4, -0.2) is 29.1 Å². The predicted octanol–water partition coefficient (Wildman–Crippen LogP) is 3.21. The summed E-state index contributed by atoms with van der Waals surface area (Å²) in [5.41, 5.74) is 6.61. The van der Waals surface area contributed by atoms with Gasteiger partial charge in [0, 0.05) is 4.90 Å². The van der Waals surface area contributed by atoms with Gasteiger partial charge < -0.3 is 15.8 Å². The number of thiophene rings is 1. The number of thioether (sulfide) groups is 1. The fourth-order valence-corrected chi connectivity index (χ4v) is 3.65. The second-order valence-corrected chi connectivity index (χ2v) is 8.00. The molecule has 6 nitrogen and oxygen atoms in total. The zero-order valence-electron chi connectivity index (χ0n) is 14.6. The van der Waals surface area contributed by atoms with E-state index in [1.54, 1.807) is 12.3 Å². The van der Waals surface area contributed by atoms with Gasteiger partial charge in [0.1, 0.15) is 10.3 Å². The number of carbonyl (C=O) groups is 3. The van der Waals surface area contributed by atoms with E-state index in [1.807, 2.05) is 31.2 Å². The van der Waals surface area contributed by atoms with Crippen molar-refractivity contribution in [1.82, 2.24) is 0 Å². The highest BCUT2D eigenvalue weighted by Crippen LogP contribution is 2.25. The Bertz CT molecular complexity index is 802. The molecule has 0 radical (unpaired) electrons. The summed E-state index contributed by atoms with van der Waals surface area (Å²) in [4.78, 5) is 36.6. The van der Waals surface area contributed by atoms with Crippen molar-refractivity contribution in [3.05, 3.63) is 46.8 Å². The first-order chi connectivity index (χ1) is 12.3. The van der Waals surface area contributed by atoms with Crippen LogP contribution < -0.4 is 11.1 Å². The van der Waals surface area contributed by atoms with Crippen LogP contribution in [0, 0.1) is 6.92 Å². The summed E-state index contributed by atoms with van der Waals surface area (Å²) in [6.07, 6.45) is -0.994. The van der Waals surface area contributed by atoms with Gasteiger partial charge in [-0.15, -0.1) is 23.1 Å². The van der Waals surface area contributed by atoms with Gasteiger partial charge in [0.05, 0.1) is 5.56 Å². The summed E-state index contributed by atoms with van der Waals surface area (Å²) in [6, 6.07) is 9.32. The Morgan fingerprint density at radius 1 is 1.15 bits per heavy atom. The molecule has 2 rings (SSSR count). The maximum atomic E-state index is 12.2.